The number of ether oxygens (including phenoxy) is 6. The molecule has 4 aliphatic rings. The van der Waals surface area contributed by atoms with Crippen LogP contribution in [0.15, 0.2) is 58.3 Å². The summed E-state index contributed by atoms with van der Waals surface area (Å²) in [5.74, 6) is -1.58. The van der Waals surface area contributed by atoms with E-state index in [0.29, 0.717) is 0 Å². The second-order valence-corrected chi connectivity index (χ2v) is 40.4. The molecule has 66 nitrogen and oxygen atoms in total. The minimum absolute atomic E-state index is 0. The molecule has 4 saturated heterocycles. The summed E-state index contributed by atoms with van der Waals surface area (Å²) in [6.45, 7) is -8.16. The maximum absolute atomic E-state index is 13.1. The molecule has 2 N–H and O–H groups in total. The molecule has 0 aliphatic carbocycles. The van der Waals surface area contributed by atoms with Gasteiger partial charge in [-0.25, -0.2) is 118 Å². The molecular formula is C43H48N2Na14O64S16. The van der Waals surface area contributed by atoms with Crippen LogP contribution in [0.5, 0.6) is 0 Å². The number of hydrogen-bond acceptors (Lipinski definition) is 66. The van der Waals surface area contributed by atoms with E-state index in [1.54, 1.807) is 0 Å². The first kappa shape index (κ1) is 167. The minimum Gasteiger partial charge on any atom is -0.726 e. The molecule has 139 heavy (non-hydrogen) atoms. The van der Waals surface area contributed by atoms with Gasteiger partial charge in [0.1, 0.15) is 96.3 Å². The monoisotopic (exact) mass is 2450 g/mol. The zero-order valence-electron chi connectivity index (χ0n) is 73.2. The molecule has 0 spiro atoms. The average Bonchev–Trinajstić information content (AvgIpc) is 0.754. The first-order valence-corrected chi connectivity index (χ1v) is 51.7. The number of anilines is 2. The molecular weight excluding hydrogens is 2400 g/mol. The van der Waals surface area contributed by atoms with Crippen LogP contribution in [0, 0.1) is 0 Å². The quantitative estimate of drug-likeness (QED) is 0.0269. The summed E-state index contributed by atoms with van der Waals surface area (Å²) < 4.78 is 592. The maximum atomic E-state index is 13.1. The maximum Gasteiger partial charge on any atom is 1.00 e. The minimum atomic E-state index is -6.61. The number of thioether (sulfide) groups is 2. The summed E-state index contributed by atoms with van der Waals surface area (Å²) in [7, 11) is -89.6. The van der Waals surface area contributed by atoms with Crippen LogP contribution in [0.25, 0.3) is 0 Å². The third kappa shape index (κ3) is 67.6. The Morgan fingerprint density at radius 3 is 0.640 bits per heavy atom. The molecule has 4 fully saturated rings. The zero-order chi connectivity index (χ0) is 95.0. The van der Waals surface area contributed by atoms with Gasteiger partial charge in [-0.3, -0.25) is 68.2 Å². The second-order valence-electron chi connectivity index (χ2n) is 23.8. The number of rotatable bonds is 48. The van der Waals surface area contributed by atoms with E-state index < -0.39 is 305 Å². The molecule has 724 valence electrons. The van der Waals surface area contributed by atoms with Crippen LogP contribution in [0.3, 0.4) is 0 Å². The van der Waals surface area contributed by atoms with Gasteiger partial charge in [0.25, 0.3) is 0 Å². The molecule has 0 saturated carbocycles. The van der Waals surface area contributed by atoms with Crippen molar-refractivity contribution in [2.24, 2.45) is 0 Å². The van der Waals surface area contributed by atoms with E-state index in [0.717, 1.165) is 48.5 Å². The van der Waals surface area contributed by atoms with Crippen molar-refractivity contribution in [3.8, 4) is 0 Å². The SMILES string of the molecule is O=C(CCCCCC(=O)Nc1ccc(S[C@@H]2O[C@H](COS(=O)(=O)[O-])[C@@H](O[C@H]3O[C@H](COS(=O)(=O)[O-])[C@@H](OS(=O)(=O)[O-])[C@H](OS(=O)(=O)[O-])[C@H]3OS(=O)(=O)[O-])[C@H](OS(=O)(=O)[O-])[C@H]2OS(=O)(=O)[O-])cc1)Nc1ccc(S[C@@H]2O[C@H](COS(=O)(=O)[O-])[C@@H](O[C@H]3O[C@H](COS(=O)(=O)[O-])[C@@H](OS(=O)(=O)[O-])[C@H](OS(=O)(=O)[O-])[C@H]3OS(=O)(=O)[O-])[C@H](OS(=O)(=O)[O-])[C@H]2OS(=O)(=O)[O-])cc1.[Na+].[Na+].[Na+].[Na+].[Na+].[Na+].[Na+].[Na+].[Na+].[Na+].[Na+].[Na+].[Na+].[Na+]. The molecule has 4 heterocycles. The van der Waals surface area contributed by atoms with Crippen LogP contribution in [0.4, 0.5) is 11.4 Å². The van der Waals surface area contributed by atoms with Crippen molar-refractivity contribution in [1.29, 1.82) is 0 Å². The summed E-state index contributed by atoms with van der Waals surface area (Å²) in [5, 5.41) is 4.78. The van der Waals surface area contributed by atoms with Gasteiger partial charge in [0.15, 0.2) is 24.8 Å². The Hall–Kier alpha value is 10.0. The number of benzene rings is 2. The van der Waals surface area contributed by atoms with Crippen molar-refractivity contribution in [3.63, 3.8) is 0 Å². The largest absolute Gasteiger partial charge is 1.00 e. The number of amides is 2. The number of carbonyl (C=O) groups excluding carboxylic acids is 2. The normalized spacial score (nSPS) is 25.5. The molecule has 96 heteroatoms. The summed E-state index contributed by atoms with van der Waals surface area (Å²) >= 11 is 0.0859. The summed E-state index contributed by atoms with van der Waals surface area (Å²) in [5.41, 5.74) is -5.32. The molecule has 2 aromatic rings. The molecule has 20 atom stereocenters. The number of carbonyl (C=O) groups is 2. The van der Waals surface area contributed by atoms with E-state index in [1.165, 1.54) is 0 Å². The zero-order valence-corrected chi connectivity index (χ0v) is 114. The van der Waals surface area contributed by atoms with E-state index in [-0.39, 0.29) is 491 Å². The van der Waals surface area contributed by atoms with E-state index in [9.17, 15) is 191 Å². The van der Waals surface area contributed by atoms with Crippen LogP contribution in [0.1, 0.15) is 32.1 Å². The Bertz CT molecular complexity index is 5540. The van der Waals surface area contributed by atoms with Gasteiger partial charge in [-0.15, -0.1) is 0 Å². The van der Waals surface area contributed by atoms with Crippen molar-refractivity contribution in [2.45, 2.75) is 163 Å². The summed E-state index contributed by atoms with van der Waals surface area (Å²) in [6, 6.07) is 7.98. The van der Waals surface area contributed by atoms with E-state index >= 15 is 0 Å². The predicted octanol–water partition coefficient (Wildman–Crippen LogP) is -53.5. The van der Waals surface area contributed by atoms with Crippen molar-refractivity contribution < 1.29 is 692 Å². The van der Waals surface area contributed by atoms with Crippen LogP contribution >= 0.6 is 23.5 Å². The van der Waals surface area contributed by atoms with E-state index in [1.807, 2.05) is 0 Å². The predicted molar refractivity (Wildman–Crippen MR) is 358 cm³/mol. The van der Waals surface area contributed by atoms with Crippen molar-refractivity contribution in [1.82, 2.24) is 0 Å². The first-order chi connectivity index (χ1) is 56.4. The Morgan fingerprint density at radius 2 is 0.432 bits per heavy atom. The fraction of sp³-hybridized carbons (Fsp3) is 0.674. The van der Waals surface area contributed by atoms with Gasteiger partial charge in [-0.2, -0.15) is 0 Å². The van der Waals surface area contributed by atoms with Gasteiger partial charge in [0.05, 0.1) is 26.4 Å². The van der Waals surface area contributed by atoms with Crippen molar-refractivity contribution in [2.75, 3.05) is 37.1 Å². The van der Waals surface area contributed by atoms with Gasteiger partial charge >= 0.3 is 414 Å². The standard InChI is InChI=1S/C43H62N2O64S16.14Na/c46-26(44-18-6-10-20(11-7-18)110-42-38(108-124(84,85)86)32(102-118(66,67)68)28(22(96-42)14-90-112(48,49)50)98-40-36(106-122(78,79)80)34(104-120(72,73)74)30(100-116(60,61)62)24(94-40)16-92-114(54,55)56)4-2-1-3-5-27(47)45-19-8-12-21(13-9-19)111-43-39(109-125(87,88)89)33(103-119(69,70)71)29(23(97-43)15-91-113(51,52)53)99-41-37(107-123(81,82)83)35(105-121(75,76)77)31(101-117(63,64)65)25(95-41)17-93-115(57,58)59;;;;;;;;;;;;;;/h6-13,22-25,28-43H,1-5,14-17H2,(H,44,46)(H,45,47)(H,48,49,50)(H,51,52,53)(H,54,55,56)(H,57,58,59)(H,60,61,62)(H,63,64,65)(H,66,67,68)(H,69,70,71)(H,72,73,74)(H,75,76,77)(H,78,79,80)(H,81,82,83)(H,84,85,86)(H,87,88,89);;;;;;;;;;;;;;/q;14*+1/p-14/t22-,23-,24-,25-,28-,29-,30-,31-,32+,33+,34+,35+,36-,37-,38-,39-,40-,41-,42+,43+;;;;;;;;;;;;;;/m1............../s1. The number of unbranched alkanes of at least 4 members (excludes halogenated alkanes) is 2. The number of nitrogens with one attached hydrogen (secondary N) is 2. The second kappa shape index (κ2) is 70.5. The molecule has 0 aromatic heterocycles. The van der Waals surface area contributed by atoms with Gasteiger partial charge in [0.2, 0.25) is 157 Å². The van der Waals surface area contributed by atoms with Crippen molar-refractivity contribution >= 4 is 192 Å². The van der Waals surface area contributed by atoms with E-state index in [4.69, 9.17) is 28.4 Å². The molecule has 4 aliphatic heterocycles. The van der Waals surface area contributed by atoms with Gasteiger partial charge in [0, 0.05) is 34.0 Å². The fourth-order valence-corrected chi connectivity index (χ4v) is 19.3. The molecule has 6 rings (SSSR count). The van der Waals surface area contributed by atoms with E-state index in [2.05, 4.69) is 69.2 Å². The van der Waals surface area contributed by atoms with Crippen LogP contribution in [-0.4, -0.2) is 341 Å². The summed E-state index contributed by atoms with van der Waals surface area (Å²) in [4.78, 5) is 25.5. The average molecular weight is 2450 g/mol. The Balaban J connectivity index is -0.00000172. The fourth-order valence-electron chi connectivity index (χ4n) is 10.8. The van der Waals surface area contributed by atoms with Crippen LogP contribution in [-0.2, 0) is 242 Å². The van der Waals surface area contributed by atoms with Gasteiger partial charge in [-0.05, 0) is 61.4 Å². The molecule has 0 bridgehead atoms. The van der Waals surface area contributed by atoms with Crippen LogP contribution in [0.2, 0.25) is 0 Å². The number of hydrogen-bond donors (Lipinski definition) is 2. The molecule has 0 unspecified atom stereocenters. The third-order valence-corrected chi connectivity index (χ3v) is 23.4. The van der Waals surface area contributed by atoms with Gasteiger partial charge in [-0.1, -0.05) is 29.9 Å². The Labute approximate surface area is 1110 Å². The van der Waals surface area contributed by atoms with Crippen LogP contribution < -0.4 is 424 Å². The first-order valence-electron chi connectivity index (χ1n) is 31.3. The molecule has 0 radical (unpaired) electrons. The Kier molecular flexibility index (Phi) is 84.5. The Morgan fingerprint density at radius 1 is 0.245 bits per heavy atom. The smallest absolute Gasteiger partial charge is 0.726 e. The van der Waals surface area contributed by atoms with Crippen molar-refractivity contribution in [3.05, 3.63) is 48.5 Å². The summed E-state index contributed by atoms with van der Waals surface area (Å²) in [6.07, 6.45) is -60.1. The molecule has 2 aromatic carbocycles. The molecule has 2 amide bonds. The topological polar surface area (TPSA) is 1040 Å². The third-order valence-electron chi connectivity index (χ3n) is 14.8. The van der Waals surface area contributed by atoms with Gasteiger partial charge < -0.3 is 103 Å².